The van der Waals surface area contributed by atoms with Crippen LogP contribution in [0.4, 0.5) is 0 Å². The summed E-state index contributed by atoms with van der Waals surface area (Å²) in [7, 11) is -3.63. The monoisotopic (exact) mass is 507 g/mol. The third kappa shape index (κ3) is 5.14. The van der Waals surface area contributed by atoms with Crippen LogP contribution in [-0.2, 0) is 14.8 Å². The Morgan fingerprint density at radius 1 is 0.829 bits per heavy atom. The highest BCUT2D eigenvalue weighted by molar-refractivity contribution is 7.89. The third-order valence-corrected chi connectivity index (χ3v) is 12.6. The van der Waals surface area contributed by atoms with Crippen molar-refractivity contribution in [3.63, 3.8) is 0 Å². The van der Waals surface area contributed by atoms with Crippen molar-refractivity contribution in [1.82, 2.24) is 9.62 Å². The van der Waals surface area contributed by atoms with Gasteiger partial charge in [0.05, 0.1) is 11.1 Å². The number of carbonyl (C=O) groups excluding carboxylic acids is 1. The van der Waals surface area contributed by atoms with E-state index < -0.39 is 16.1 Å². The van der Waals surface area contributed by atoms with Crippen molar-refractivity contribution in [1.29, 1.82) is 5.41 Å². The van der Waals surface area contributed by atoms with Crippen molar-refractivity contribution in [3.8, 4) is 0 Å². The lowest BCUT2D eigenvalue weighted by Gasteiger charge is -2.42. The fourth-order valence-corrected chi connectivity index (χ4v) is 10.6. The summed E-state index contributed by atoms with van der Waals surface area (Å²) in [5.74, 6) is 1.27. The number of amides is 1. The van der Waals surface area contributed by atoms with Crippen LogP contribution in [0.2, 0.25) is 0 Å². The molecule has 9 heteroatoms. The van der Waals surface area contributed by atoms with Crippen LogP contribution in [0, 0.1) is 29.1 Å². The van der Waals surface area contributed by atoms with Crippen molar-refractivity contribution in [2.75, 3.05) is 0 Å². The van der Waals surface area contributed by atoms with Crippen molar-refractivity contribution in [2.24, 2.45) is 35.1 Å². The summed E-state index contributed by atoms with van der Waals surface area (Å²) in [5.41, 5.74) is 11.9. The van der Waals surface area contributed by atoms with Gasteiger partial charge in [0.25, 0.3) is 0 Å². The van der Waals surface area contributed by atoms with E-state index in [-0.39, 0.29) is 47.0 Å². The van der Waals surface area contributed by atoms with Gasteiger partial charge in [0.2, 0.25) is 15.9 Å². The molecule has 35 heavy (non-hydrogen) atoms. The van der Waals surface area contributed by atoms with Crippen LogP contribution < -0.4 is 16.8 Å². The highest BCUT2D eigenvalue weighted by atomic mass is 32.2. The average Bonchev–Trinajstić information content (AvgIpc) is 3.25. The summed E-state index contributed by atoms with van der Waals surface area (Å²) in [6.45, 7) is 0. The molecule has 0 aromatic carbocycles. The lowest BCUT2D eigenvalue weighted by atomic mass is 9.71. The van der Waals surface area contributed by atoms with E-state index in [0.29, 0.717) is 31.1 Å². The molecule has 0 bridgehead atoms. The van der Waals surface area contributed by atoms with E-state index in [9.17, 15) is 13.2 Å². The Balaban J connectivity index is 1.38. The lowest BCUT2D eigenvalue weighted by molar-refractivity contribution is -0.125. The molecule has 7 atom stereocenters. The lowest BCUT2D eigenvalue weighted by Crippen LogP contribution is -2.55. The Labute approximate surface area is 210 Å². The zero-order valence-corrected chi connectivity index (χ0v) is 21.9. The summed E-state index contributed by atoms with van der Waals surface area (Å²) < 4.78 is 30.2. The number of nitrogens with zero attached hydrogens (tertiary/aromatic N) is 1. The van der Waals surface area contributed by atoms with Gasteiger partial charge in [-0.3, -0.25) is 10.2 Å². The van der Waals surface area contributed by atoms with Crippen LogP contribution in [0.1, 0.15) is 96.3 Å². The number of sulfonamides is 1. The second-order valence-electron chi connectivity index (χ2n) is 12.3. The first-order chi connectivity index (χ1) is 16.7. The van der Waals surface area contributed by atoms with E-state index >= 15 is 0 Å². The SMILES string of the molecule is N=C(N)C1CCC2CC(C(=O)NC3CCC(N)CC3)N(S(=O)(=O)C3CCC4CCCCC4C3)C2C1. The predicted molar refractivity (Wildman–Crippen MR) is 137 cm³/mol. The maximum absolute atomic E-state index is 14.3. The Morgan fingerprint density at radius 3 is 2.23 bits per heavy atom. The Bertz CT molecular complexity index is 903. The van der Waals surface area contributed by atoms with Crippen LogP contribution in [-0.4, -0.2) is 53.9 Å². The summed E-state index contributed by atoms with van der Waals surface area (Å²) in [5, 5.41) is 10.8. The molecule has 6 N–H and O–H groups in total. The van der Waals surface area contributed by atoms with E-state index in [1.54, 1.807) is 4.31 Å². The molecule has 0 spiro atoms. The van der Waals surface area contributed by atoms with Crippen molar-refractivity contribution in [2.45, 2.75) is 126 Å². The molecule has 0 radical (unpaired) electrons. The van der Waals surface area contributed by atoms with Gasteiger partial charge in [0.1, 0.15) is 6.04 Å². The zero-order valence-electron chi connectivity index (χ0n) is 21.0. The predicted octanol–water partition coefficient (Wildman–Crippen LogP) is 2.86. The Kier molecular flexibility index (Phi) is 7.48. The topological polar surface area (TPSA) is 142 Å². The molecule has 0 aromatic rings. The number of hydrogen-bond donors (Lipinski definition) is 4. The molecule has 1 heterocycles. The number of fused-ring (bicyclic) bond motifs is 2. The maximum Gasteiger partial charge on any atom is 0.238 e. The minimum atomic E-state index is -3.63. The van der Waals surface area contributed by atoms with E-state index in [1.807, 2.05) is 0 Å². The highest BCUT2D eigenvalue weighted by Gasteiger charge is 2.54. The number of rotatable bonds is 5. The molecule has 1 aliphatic heterocycles. The fourth-order valence-electron chi connectivity index (χ4n) is 8.12. The molecule has 8 nitrogen and oxygen atoms in total. The second kappa shape index (κ2) is 10.3. The van der Waals surface area contributed by atoms with Crippen LogP contribution in [0.3, 0.4) is 0 Å². The molecule has 0 aromatic heterocycles. The zero-order chi connectivity index (χ0) is 24.7. The molecular formula is C26H45N5O3S. The van der Waals surface area contributed by atoms with Crippen LogP contribution in [0.5, 0.6) is 0 Å². The number of hydrogen-bond acceptors (Lipinski definition) is 5. The fraction of sp³-hybridized carbons (Fsp3) is 0.923. The van der Waals surface area contributed by atoms with Crippen molar-refractivity contribution >= 4 is 21.8 Å². The molecule has 4 aliphatic carbocycles. The van der Waals surface area contributed by atoms with Crippen molar-refractivity contribution in [3.05, 3.63) is 0 Å². The van der Waals surface area contributed by atoms with Gasteiger partial charge in [-0.2, -0.15) is 4.31 Å². The number of nitrogens with two attached hydrogens (primary N) is 2. The summed E-state index contributed by atoms with van der Waals surface area (Å²) in [4.78, 5) is 13.6. The first kappa shape index (κ1) is 25.5. The van der Waals surface area contributed by atoms with Crippen LogP contribution >= 0.6 is 0 Å². The molecule has 7 unspecified atom stereocenters. The minimum absolute atomic E-state index is 0.0807. The number of amidine groups is 1. The van der Waals surface area contributed by atoms with Gasteiger partial charge < -0.3 is 16.8 Å². The summed E-state index contributed by atoms with van der Waals surface area (Å²) in [6, 6.07) is -0.576. The van der Waals surface area contributed by atoms with Gasteiger partial charge in [-0.25, -0.2) is 8.42 Å². The first-order valence-electron chi connectivity index (χ1n) is 14.2. The summed E-state index contributed by atoms with van der Waals surface area (Å²) >= 11 is 0. The molecular weight excluding hydrogens is 462 g/mol. The standard InChI is InChI=1S/C26H45N5O3S/c27-20-8-10-21(11-9-20)30-26(32)24-14-18-5-6-19(25(28)29)15-23(18)31(24)35(33,34)22-12-7-16-3-1-2-4-17(16)13-22/h16-24H,1-15,27H2,(H3,28,29)(H,30,32). The van der Waals surface area contributed by atoms with E-state index in [2.05, 4.69) is 5.32 Å². The Morgan fingerprint density at radius 2 is 1.51 bits per heavy atom. The van der Waals surface area contributed by atoms with Gasteiger partial charge in [-0.1, -0.05) is 25.7 Å². The quantitative estimate of drug-likeness (QED) is 0.334. The smallest absolute Gasteiger partial charge is 0.238 e. The van der Waals surface area contributed by atoms with Crippen molar-refractivity contribution < 1.29 is 13.2 Å². The normalized spacial score (nSPS) is 42.6. The highest BCUT2D eigenvalue weighted by Crippen LogP contribution is 2.48. The van der Waals surface area contributed by atoms with Gasteiger partial charge in [0.15, 0.2) is 0 Å². The van der Waals surface area contributed by atoms with E-state index in [1.165, 1.54) is 19.3 Å². The largest absolute Gasteiger partial charge is 0.387 e. The molecule has 5 aliphatic rings. The van der Waals surface area contributed by atoms with Crippen LogP contribution in [0.25, 0.3) is 0 Å². The van der Waals surface area contributed by atoms with Gasteiger partial charge in [0, 0.05) is 24.0 Å². The first-order valence-corrected chi connectivity index (χ1v) is 15.7. The molecule has 5 rings (SSSR count). The molecule has 198 valence electrons. The van der Waals surface area contributed by atoms with Gasteiger partial charge in [-0.05, 0) is 88.4 Å². The van der Waals surface area contributed by atoms with E-state index in [0.717, 1.165) is 57.8 Å². The van der Waals surface area contributed by atoms with Crippen LogP contribution in [0.15, 0.2) is 0 Å². The van der Waals surface area contributed by atoms with Gasteiger partial charge >= 0.3 is 0 Å². The van der Waals surface area contributed by atoms with E-state index in [4.69, 9.17) is 16.9 Å². The molecule has 4 saturated carbocycles. The molecule has 1 saturated heterocycles. The molecule has 1 amide bonds. The second-order valence-corrected chi connectivity index (χ2v) is 14.4. The minimum Gasteiger partial charge on any atom is -0.387 e. The molecule has 5 fully saturated rings. The number of carbonyl (C=O) groups is 1. The van der Waals surface area contributed by atoms with Gasteiger partial charge in [-0.15, -0.1) is 0 Å². The number of nitrogens with one attached hydrogen (secondary N) is 2. The average molecular weight is 508 g/mol. The maximum atomic E-state index is 14.3. The summed E-state index contributed by atoms with van der Waals surface area (Å²) in [6.07, 6.45) is 13.6. The Hall–Kier alpha value is -1.19. The third-order valence-electron chi connectivity index (χ3n) is 10.2.